The first-order valence-corrected chi connectivity index (χ1v) is 10.8. The lowest BCUT2D eigenvalue weighted by molar-refractivity contribution is -0.117. The van der Waals surface area contributed by atoms with Gasteiger partial charge in [-0.05, 0) is 62.1 Å². The van der Waals surface area contributed by atoms with E-state index in [4.69, 9.17) is 0 Å². The molecule has 1 saturated heterocycles. The van der Waals surface area contributed by atoms with Crippen molar-refractivity contribution in [1.82, 2.24) is 4.31 Å². The summed E-state index contributed by atoms with van der Waals surface area (Å²) in [4.78, 5) is 12.9. The Hall–Kier alpha value is -2.18. The summed E-state index contributed by atoms with van der Waals surface area (Å²) in [6.45, 7) is 4.43. The van der Waals surface area contributed by atoms with Crippen LogP contribution in [-0.2, 0) is 14.8 Å². The van der Waals surface area contributed by atoms with Crippen molar-refractivity contribution in [2.75, 3.05) is 11.9 Å². The molecule has 27 heavy (non-hydrogen) atoms. The molecule has 2 aromatic carbocycles. The van der Waals surface area contributed by atoms with Gasteiger partial charge in [0.15, 0.2) is 0 Å². The molecular weight excluding hydrogens is 360 g/mol. The second kappa shape index (κ2) is 8.23. The van der Waals surface area contributed by atoms with Gasteiger partial charge in [0.2, 0.25) is 15.9 Å². The lowest BCUT2D eigenvalue weighted by atomic mass is 10.0. The van der Waals surface area contributed by atoms with E-state index in [2.05, 4.69) is 5.32 Å². The van der Waals surface area contributed by atoms with E-state index in [-0.39, 0.29) is 23.3 Å². The van der Waals surface area contributed by atoms with Crippen LogP contribution in [0.4, 0.5) is 5.69 Å². The number of sulfonamides is 1. The molecule has 3 rings (SSSR count). The van der Waals surface area contributed by atoms with Gasteiger partial charge in [-0.1, -0.05) is 30.7 Å². The number of amides is 1. The minimum absolute atomic E-state index is 0.153. The van der Waals surface area contributed by atoms with Crippen LogP contribution in [0, 0.1) is 13.8 Å². The fraction of sp³-hybridized carbons (Fsp3) is 0.381. The first-order chi connectivity index (χ1) is 12.9. The molecule has 0 bridgehead atoms. The second-order valence-corrected chi connectivity index (χ2v) is 9.10. The standard InChI is InChI=1S/C21H26N2O3S/c1-16-12-17(2)14-18(13-16)22-21(24)15-19-8-6-7-11-23(19)27(25,26)20-9-4-3-5-10-20/h3-5,9-10,12-14,19H,6-8,11,15H2,1-2H3,(H,22,24)/t19-/m1/s1. The van der Waals surface area contributed by atoms with Crippen LogP contribution in [-0.4, -0.2) is 31.2 Å². The molecule has 1 atom stereocenters. The number of benzene rings is 2. The zero-order chi connectivity index (χ0) is 19.4. The molecule has 1 aliphatic heterocycles. The van der Waals surface area contributed by atoms with Gasteiger partial charge in [-0.15, -0.1) is 0 Å². The Morgan fingerprint density at radius 1 is 1.07 bits per heavy atom. The van der Waals surface area contributed by atoms with Gasteiger partial charge in [0.05, 0.1) is 4.90 Å². The first-order valence-electron chi connectivity index (χ1n) is 9.31. The van der Waals surface area contributed by atoms with Gasteiger partial charge in [-0.3, -0.25) is 4.79 Å². The highest BCUT2D eigenvalue weighted by Crippen LogP contribution is 2.27. The largest absolute Gasteiger partial charge is 0.326 e. The molecule has 0 radical (unpaired) electrons. The van der Waals surface area contributed by atoms with Gasteiger partial charge in [-0.25, -0.2) is 8.42 Å². The second-order valence-electron chi connectivity index (χ2n) is 7.21. The van der Waals surface area contributed by atoms with Crippen LogP contribution < -0.4 is 5.32 Å². The molecule has 1 heterocycles. The molecule has 1 N–H and O–H groups in total. The monoisotopic (exact) mass is 386 g/mol. The minimum atomic E-state index is -3.59. The van der Waals surface area contributed by atoms with Crippen LogP contribution >= 0.6 is 0 Å². The number of hydrogen-bond donors (Lipinski definition) is 1. The van der Waals surface area contributed by atoms with Crippen molar-refractivity contribution < 1.29 is 13.2 Å². The summed E-state index contributed by atoms with van der Waals surface area (Å²) in [5.74, 6) is -0.153. The summed E-state index contributed by atoms with van der Waals surface area (Å²) in [6, 6.07) is 14.0. The Balaban J connectivity index is 1.75. The minimum Gasteiger partial charge on any atom is -0.326 e. The summed E-state index contributed by atoms with van der Waals surface area (Å²) in [7, 11) is -3.59. The Bertz CT molecular complexity index is 890. The zero-order valence-electron chi connectivity index (χ0n) is 15.8. The predicted octanol–water partition coefficient (Wildman–Crippen LogP) is 3.88. The average Bonchev–Trinajstić information content (AvgIpc) is 2.62. The maximum atomic E-state index is 13.0. The molecule has 144 valence electrons. The number of hydrogen-bond acceptors (Lipinski definition) is 3. The molecule has 6 heteroatoms. The average molecular weight is 387 g/mol. The zero-order valence-corrected chi connectivity index (χ0v) is 16.6. The molecule has 2 aromatic rings. The van der Waals surface area contributed by atoms with Crippen LogP contribution in [0.15, 0.2) is 53.4 Å². The van der Waals surface area contributed by atoms with Crippen molar-refractivity contribution in [3.05, 3.63) is 59.7 Å². The SMILES string of the molecule is Cc1cc(C)cc(NC(=O)C[C@H]2CCCCN2S(=O)(=O)c2ccccc2)c1. The summed E-state index contributed by atoms with van der Waals surface area (Å²) >= 11 is 0. The molecule has 1 amide bonds. The lowest BCUT2D eigenvalue weighted by Gasteiger charge is -2.34. The Morgan fingerprint density at radius 2 is 1.74 bits per heavy atom. The van der Waals surface area contributed by atoms with Gasteiger partial charge < -0.3 is 5.32 Å². The number of nitrogens with zero attached hydrogens (tertiary/aromatic N) is 1. The van der Waals surface area contributed by atoms with Crippen LogP contribution in [0.25, 0.3) is 0 Å². The lowest BCUT2D eigenvalue weighted by Crippen LogP contribution is -2.45. The van der Waals surface area contributed by atoms with Crippen molar-refractivity contribution in [1.29, 1.82) is 0 Å². The van der Waals surface area contributed by atoms with Gasteiger partial charge in [0.25, 0.3) is 0 Å². The smallest absolute Gasteiger partial charge is 0.243 e. The van der Waals surface area contributed by atoms with E-state index in [1.54, 1.807) is 30.3 Å². The third-order valence-electron chi connectivity index (χ3n) is 4.85. The van der Waals surface area contributed by atoms with Crippen LogP contribution in [0.1, 0.15) is 36.8 Å². The highest BCUT2D eigenvalue weighted by atomic mass is 32.2. The van der Waals surface area contributed by atoms with E-state index in [1.165, 1.54) is 4.31 Å². The first kappa shape index (κ1) is 19.6. The predicted molar refractivity (Wildman–Crippen MR) is 107 cm³/mol. The Labute approximate surface area is 161 Å². The maximum absolute atomic E-state index is 13.0. The summed E-state index contributed by atoms with van der Waals surface area (Å²) in [5.41, 5.74) is 2.92. The molecule has 0 aromatic heterocycles. The number of rotatable bonds is 5. The van der Waals surface area contributed by atoms with E-state index < -0.39 is 10.0 Å². The number of carbonyl (C=O) groups is 1. The molecule has 0 unspecified atom stereocenters. The number of piperidine rings is 1. The quantitative estimate of drug-likeness (QED) is 0.848. The van der Waals surface area contributed by atoms with Crippen LogP contribution in [0.3, 0.4) is 0 Å². The van der Waals surface area contributed by atoms with E-state index in [0.29, 0.717) is 13.0 Å². The number of anilines is 1. The topological polar surface area (TPSA) is 66.5 Å². The van der Waals surface area contributed by atoms with E-state index in [1.807, 2.05) is 32.0 Å². The van der Waals surface area contributed by atoms with E-state index in [9.17, 15) is 13.2 Å². The molecule has 5 nitrogen and oxygen atoms in total. The molecule has 0 spiro atoms. The third kappa shape index (κ3) is 4.76. The van der Waals surface area contributed by atoms with E-state index in [0.717, 1.165) is 29.7 Å². The highest BCUT2D eigenvalue weighted by molar-refractivity contribution is 7.89. The van der Waals surface area contributed by atoms with Crippen molar-refractivity contribution in [3.63, 3.8) is 0 Å². The highest BCUT2D eigenvalue weighted by Gasteiger charge is 2.34. The van der Waals surface area contributed by atoms with Gasteiger partial charge in [-0.2, -0.15) is 4.31 Å². The Morgan fingerprint density at radius 3 is 2.41 bits per heavy atom. The van der Waals surface area contributed by atoms with Crippen molar-refractivity contribution >= 4 is 21.6 Å². The van der Waals surface area contributed by atoms with Crippen molar-refractivity contribution in [2.24, 2.45) is 0 Å². The van der Waals surface area contributed by atoms with E-state index >= 15 is 0 Å². The van der Waals surface area contributed by atoms with Crippen molar-refractivity contribution in [2.45, 2.75) is 50.5 Å². The summed E-state index contributed by atoms with van der Waals surface area (Å²) in [5, 5.41) is 2.92. The number of aryl methyl sites for hydroxylation is 2. The van der Waals surface area contributed by atoms with Gasteiger partial charge in [0.1, 0.15) is 0 Å². The van der Waals surface area contributed by atoms with Crippen LogP contribution in [0.5, 0.6) is 0 Å². The van der Waals surface area contributed by atoms with Crippen molar-refractivity contribution in [3.8, 4) is 0 Å². The molecular formula is C21H26N2O3S. The van der Waals surface area contributed by atoms with Gasteiger partial charge >= 0.3 is 0 Å². The summed E-state index contributed by atoms with van der Waals surface area (Å²) in [6.07, 6.45) is 2.62. The third-order valence-corrected chi connectivity index (χ3v) is 6.82. The number of nitrogens with one attached hydrogen (secondary N) is 1. The van der Waals surface area contributed by atoms with Crippen LogP contribution in [0.2, 0.25) is 0 Å². The molecule has 1 aliphatic rings. The molecule has 1 fully saturated rings. The number of carbonyl (C=O) groups excluding carboxylic acids is 1. The Kier molecular flexibility index (Phi) is 5.97. The summed E-state index contributed by atoms with van der Waals surface area (Å²) < 4.78 is 27.5. The van der Waals surface area contributed by atoms with Gasteiger partial charge in [0, 0.05) is 24.7 Å². The molecule has 0 saturated carbocycles. The maximum Gasteiger partial charge on any atom is 0.243 e. The fourth-order valence-corrected chi connectivity index (χ4v) is 5.41. The molecule has 0 aliphatic carbocycles. The fourth-order valence-electron chi connectivity index (χ4n) is 3.70. The normalized spacial score (nSPS) is 18.2.